The van der Waals surface area contributed by atoms with Crippen molar-refractivity contribution in [3.63, 3.8) is 0 Å². The Hall–Kier alpha value is -1.83. The quantitative estimate of drug-likeness (QED) is 0.696. The van der Waals surface area contributed by atoms with E-state index in [-0.39, 0.29) is 17.9 Å². The highest BCUT2D eigenvalue weighted by molar-refractivity contribution is 5.79. The first-order chi connectivity index (χ1) is 11.0. The minimum Gasteiger partial charge on any atom is -0.450 e. The van der Waals surface area contributed by atoms with Crippen LogP contribution in [0.3, 0.4) is 0 Å². The number of ether oxygens (including phenoxy) is 1. The summed E-state index contributed by atoms with van der Waals surface area (Å²) in [5, 5.41) is 0. The number of nitrogens with zero attached hydrogens (tertiary/aromatic N) is 4. The standard InChI is InChI=1S/C15H26N4O4/c1-3-23-15(22)19-10-8-18(9-11-19)14(21)12-16-4-6-17(7-5-16)13(2)20/h3-12H2,1-2H3. The van der Waals surface area contributed by atoms with Crippen molar-refractivity contribution in [2.24, 2.45) is 0 Å². The first-order valence-electron chi connectivity index (χ1n) is 8.18. The van der Waals surface area contributed by atoms with Crippen molar-refractivity contribution < 1.29 is 19.1 Å². The van der Waals surface area contributed by atoms with Gasteiger partial charge in [-0.3, -0.25) is 14.5 Å². The topological polar surface area (TPSA) is 73.4 Å². The van der Waals surface area contributed by atoms with Crippen LogP contribution in [0.25, 0.3) is 0 Å². The number of rotatable bonds is 3. The molecule has 2 heterocycles. The van der Waals surface area contributed by atoms with Crippen molar-refractivity contribution in [2.75, 3.05) is 65.5 Å². The molecule has 2 rings (SSSR count). The van der Waals surface area contributed by atoms with Crippen LogP contribution in [-0.2, 0) is 14.3 Å². The normalized spacial score (nSPS) is 19.7. The van der Waals surface area contributed by atoms with Crippen LogP contribution < -0.4 is 0 Å². The van der Waals surface area contributed by atoms with Gasteiger partial charge in [-0.15, -0.1) is 0 Å². The van der Waals surface area contributed by atoms with Crippen LogP contribution in [-0.4, -0.2) is 103 Å². The lowest BCUT2D eigenvalue weighted by molar-refractivity contribution is -0.135. The van der Waals surface area contributed by atoms with Gasteiger partial charge < -0.3 is 19.4 Å². The van der Waals surface area contributed by atoms with Gasteiger partial charge in [-0.05, 0) is 6.92 Å². The molecule has 8 nitrogen and oxygen atoms in total. The number of amides is 3. The van der Waals surface area contributed by atoms with Crippen molar-refractivity contribution in [3.05, 3.63) is 0 Å². The average molecular weight is 326 g/mol. The third-order valence-electron chi connectivity index (χ3n) is 4.33. The maximum absolute atomic E-state index is 12.4. The van der Waals surface area contributed by atoms with Crippen LogP contribution in [0.4, 0.5) is 4.79 Å². The molecule has 0 aromatic rings. The first-order valence-corrected chi connectivity index (χ1v) is 8.18. The van der Waals surface area contributed by atoms with E-state index in [4.69, 9.17) is 4.74 Å². The fraction of sp³-hybridized carbons (Fsp3) is 0.800. The van der Waals surface area contributed by atoms with Gasteiger partial charge in [-0.1, -0.05) is 0 Å². The zero-order valence-electron chi connectivity index (χ0n) is 14.0. The van der Waals surface area contributed by atoms with Gasteiger partial charge in [0, 0.05) is 59.3 Å². The zero-order chi connectivity index (χ0) is 16.8. The van der Waals surface area contributed by atoms with E-state index in [9.17, 15) is 14.4 Å². The molecular weight excluding hydrogens is 300 g/mol. The van der Waals surface area contributed by atoms with Crippen molar-refractivity contribution in [1.82, 2.24) is 19.6 Å². The first kappa shape index (κ1) is 17.5. The maximum atomic E-state index is 12.4. The molecule has 3 amide bonds. The molecule has 0 atom stereocenters. The largest absolute Gasteiger partial charge is 0.450 e. The summed E-state index contributed by atoms with van der Waals surface area (Å²) < 4.78 is 4.97. The molecule has 0 aromatic heterocycles. The number of carbonyl (C=O) groups excluding carboxylic acids is 3. The van der Waals surface area contributed by atoms with Gasteiger partial charge in [0.1, 0.15) is 0 Å². The van der Waals surface area contributed by atoms with Gasteiger partial charge in [0.15, 0.2) is 0 Å². The Balaban J connectivity index is 1.71. The van der Waals surface area contributed by atoms with Gasteiger partial charge in [-0.25, -0.2) is 4.79 Å². The van der Waals surface area contributed by atoms with Crippen molar-refractivity contribution in [2.45, 2.75) is 13.8 Å². The lowest BCUT2D eigenvalue weighted by Crippen LogP contribution is -2.55. The molecule has 0 unspecified atom stereocenters. The number of hydrogen-bond acceptors (Lipinski definition) is 5. The average Bonchev–Trinajstić information content (AvgIpc) is 2.55. The third-order valence-corrected chi connectivity index (χ3v) is 4.33. The molecule has 23 heavy (non-hydrogen) atoms. The van der Waals surface area contributed by atoms with Crippen LogP contribution in [0.2, 0.25) is 0 Å². The van der Waals surface area contributed by atoms with Crippen LogP contribution in [0.1, 0.15) is 13.8 Å². The second-order valence-electron chi connectivity index (χ2n) is 5.85. The summed E-state index contributed by atoms with van der Waals surface area (Å²) in [6.45, 7) is 9.05. The predicted molar refractivity (Wildman–Crippen MR) is 83.9 cm³/mol. The van der Waals surface area contributed by atoms with Gasteiger partial charge in [-0.2, -0.15) is 0 Å². The van der Waals surface area contributed by atoms with Crippen LogP contribution in [0, 0.1) is 0 Å². The summed E-state index contributed by atoms with van der Waals surface area (Å²) in [6, 6.07) is 0. The highest BCUT2D eigenvalue weighted by atomic mass is 16.6. The maximum Gasteiger partial charge on any atom is 0.409 e. The van der Waals surface area contributed by atoms with Crippen LogP contribution >= 0.6 is 0 Å². The second kappa shape index (κ2) is 8.14. The van der Waals surface area contributed by atoms with Gasteiger partial charge >= 0.3 is 6.09 Å². The monoisotopic (exact) mass is 326 g/mol. The molecule has 0 spiro atoms. The molecule has 2 fully saturated rings. The Labute approximate surface area is 136 Å². The molecule has 2 aliphatic heterocycles. The Morgan fingerprint density at radius 2 is 1.35 bits per heavy atom. The summed E-state index contributed by atoms with van der Waals surface area (Å²) in [6.07, 6.45) is -0.306. The predicted octanol–water partition coefficient (Wildman–Crippen LogP) is -0.549. The van der Waals surface area contributed by atoms with E-state index in [1.165, 1.54) is 0 Å². The molecule has 2 aliphatic rings. The van der Waals surface area contributed by atoms with Crippen molar-refractivity contribution in [1.29, 1.82) is 0 Å². The van der Waals surface area contributed by atoms with Crippen molar-refractivity contribution in [3.8, 4) is 0 Å². The zero-order valence-corrected chi connectivity index (χ0v) is 14.0. The van der Waals surface area contributed by atoms with E-state index in [0.29, 0.717) is 52.4 Å². The smallest absolute Gasteiger partial charge is 0.409 e. The summed E-state index contributed by atoms with van der Waals surface area (Å²) in [5.41, 5.74) is 0. The van der Waals surface area contributed by atoms with E-state index in [1.54, 1.807) is 28.5 Å². The lowest BCUT2D eigenvalue weighted by Gasteiger charge is -2.37. The molecule has 0 radical (unpaired) electrons. The number of carbonyl (C=O) groups is 3. The van der Waals surface area contributed by atoms with Gasteiger partial charge in [0.25, 0.3) is 0 Å². The Morgan fingerprint density at radius 1 is 0.826 bits per heavy atom. The molecule has 0 N–H and O–H groups in total. The Morgan fingerprint density at radius 3 is 1.87 bits per heavy atom. The minimum absolute atomic E-state index is 0.0878. The lowest BCUT2D eigenvalue weighted by atomic mass is 10.2. The van der Waals surface area contributed by atoms with E-state index >= 15 is 0 Å². The third kappa shape index (κ3) is 4.82. The Kier molecular flexibility index (Phi) is 6.20. The number of piperazine rings is 2. The summed E-state index contributed by atoms with van der Waals surface area (Å²) in [4.78, 5) is 42.6. The Bertz CT molecular complexity index is 441. The minimum atomic E-state index is -0.306. The molecule has 2 saturated heterocycles. The molecular formula is C15H26N4O4. The highest BCUT2D eigenvalue weighted by Crippen LogP contribution is 2.07. The second-order valence-corrected chi connectivity index (χ2v) is 5.85. The molecule has 8 heteroatoms. The van der Waals surface area contributed by atoms with Gasteiger partial charge in [0.2, 0.25) is 11.8 Å². The molecule has 130 valence electrons. The van der Waals surface area contributed by atoms with Crippen LogP contribution in [0.15, 0.2) is 0 Å². The fourth-order valence-electron chi connectivity index (χ4n) is 2.87. The van der Waals surface area contributed by atoms with Crippen molar-refractivity contribution >= 4 is 17.9 Å². The van der Waals surface area contributed by atoms with E-state index in [1.807, 2.05) is 0 Å². The summed E-state index contributed by atoms with van der Waals surface area (Å²) >= 11 is 0. The SMILES string of the molecule is CCOC(=O)N1CCN(C(=O)CN2CCN(C(C)=O)CC2)CC1. The summed E-state index contributed by atoms with van der Waals surface area (Å²) in [7, 11) is 0. The molecule has 0 saturated carbocycles. The fourth-order valence-corrected chi connectivity index (χ4v) is 2.87. The molecule has 0 aliphatic carbocycles. The van der Waals surface area contributed by atoms with E-state index < -0.39 is 0 Å². The highest BCUT2D eigenvalue weighted by Gasteiger charge is 2.27. The van der Waals surface area contributed by atoms with Gasteiger partial charge in [0.05, 0.1) is 13.2 Å². The molecule has 0 aromatic carbocycles. The number of hydrogen-bond donors (Lipinski definition) is 0. The van der Waals surface area contributed by atoms with Crippen LogP contribution in [0.5, 0.6) is 0 Å². The van der Waals surface area contributed by atoms with E-state index in [0.717, 1.165) is 13.1 Å². The van der Waals surface area contributed by atoms with E-state index in [2.05, 4.69) is 4.90 Å². The molecule has 0 bridgehead atoms. The summed E-state index contributed by atoms with van der Waals surface area (Å²) in [5.74, 6) is 0.177.